The summed E-state index contributed by atoms with van der Waals surface area (Å²) in [7, 11) is -3.69. The first-order chi connectivity index (χ1) is 14.3. The molecule has 1 heterocycles. The molecule has 0 aliphatic carbocycles. The van der Waals surface area contributed by atoms with E-state index in [1.807, 2.05) is 45.0 Å². The zero-order valence-electron chi connectivity index (χ0n) is 17.5. The molecule has 2 unspecified atom stereocenters. The Morgan fingerprint density at radius 1 is 1.13 bits per heavy atom. The molecule has 0 saturated carbocycles. The summed E-state index contributed by atoms with van der Waals surface area (Å²) in [6, 6.07) is 13.5. The summed E-state index contributed by atoms with van der Waals surface area (Å²) in [5.41, 5.74) is 1.13. The lowest BCUT2D eigenvalue weighted by Crippen LogP contribution is -2.48. The van der Waals surface area contributed by atoms with Gasteiger partial charge in [-0.1, -0.05) is 12.1 Å². The van der Waals surface area contributed by atoms with Gasteiger partial charge in [-0.05, 0) is 57.2 Å². The number of Topliss-reactive ketones (excluding diaryl/α,β-unsaturated/α-hetero) is 1. The lowest BCUT2D eigenvalue weighted by atomic mass is 10.1. The Balaban J connectivity index is 1.69. The third-order valence-electron chi connectivity index (χ3n) is 4.80. The molecule has 0 radical (unpaired) electrons. The van der Waals surface area contributed by atoms with Crippen molar-refractivity contribution in [1.29, 1.82) is 0 Å². The molecule has 3 rings (SSSR count). The van der Waals surface area contributed by atoms with Gasteiger partial charge in [0.05, 0.1) is 30.3 Å². The number of rotatable bonds is 8. The van der Waals surface area contributed by atoms with E-state index in [1.165, 1.54) is 16.4 Å². The molecule has 162 valence electrons. The second-order valence-corrected chi connectivity index (χ2v) is 9.28. The summed E-state index contributed by atoms with van der Waals surface area (Å²) in [5, 5.41) is 3.06. The summed E-state index contributed by atoms with van der Waals surface area (Å²) < 4.78 is 38.6. The van der Waals surface area contributed by atoms with Gasteiger partial charge in [0, 0.05) is 24.3 Å². The number of nitrogens with zero attached hydrogens (tertiary/aromatic N) is 1. The number of hydrogen-bond donors (Lipinski definition) is 1. The minimum Gasteiger partial charge on any atom is -0.494 e. The largest absolute Gasteiger partial charge is 0.494 e. The van der Waals surface area contributed by atoms with Crippen molar-refractivity contribution in [3.63, 3.8) is 0 Å². The number of sulfonamides is 1. The Morgan fingerprint density at radius 3 is 2.43 bits per heavy atom. The van der Waals surface area contributed by atoms with Gasteiger partial charge in [-0.25, -0.2) is 8.42 Å². The smallest absolute Gasteiger partial charge is 0.243 e. The van der Waals surface area contributed by atoms with E-state index in [-0.39, 0.29) is 29.4 Å². The van der Waals surface area contributed by atoms with Crippen molar-refractivity contribution in [2.75, 3.05) is 31.6 Å². The highest BCUT2D eigenvalue weighted by atomic mass is 32.2. The third kappa shape index (κ3) is 5.38. The molecule has 1 saturated heterocycles. The van der Waals surface area contributed by atoms with Crippen LogP contribution in [0.1, 0.15) is 31.1 Å². The van der Waals surface area contributed by atoms with Crippen LogP contribution in [-0.2, 0) is 14.8 Å². The van der Waals surface area contributed by atoms with Crippen LogP contribution in [0.15, 0.2) is 53.4 Å². The predicted octanol–water partition coefficient (Wildman–Crippen LogP) is 3.18. The monoisotopic (exact) mass is 432 g/mol. The highest BCUT2D eigenvalue weighted by Crippen LogP contribution is 2.22. The van der Waals surface area contributed by atoms with Crippen molar-refractivity contribution in [2.45, 2.75) is 37.9 Å². The van der Waals surface area contributed by atoms with Gasteiger partial charge < -0.3 is 14.8 Å². The van der Waals surface area contributed by atoms with E-state index in [0.717, 1.165) is 11.4 Å². The van der Waals surface area contributed by atoms with Crippen LogP contribution in [-0.4, -0.2) is 57.0 Å². The van der Waals surface area contributed by atoms with Gasteiger partial charge >= 0.3 is 0 Å². The zero-order chi connectivity index (χ0) is 21.7. The van der Waals surface area contributed by atoms with Gasteiger partial charge in [0.1, 0.15) is 5.75 Å². The minimum absolute atomic E-state index is 0.0586. The van der Waals surface area contributed by atoms with Crippen LogP contribution >= 0.6 is 0 Å². The topological polar surface area (TPSA) is 84.9 Å². The normalized spacial score (nSPS) is 20.0. The van der Waals surface area contributed by atoms with E-state index < -0.39 is 10.0 Å². The first-order valence-electron chi connectivity index (χ1n) is 10.0. The molecule has 1 N–H and O–H groups in total. The highest BCUT2D eigenvalue weighted by Gasteiger charge is 2.32. The van der Waals surface area contributed by atoms with Crippen molar-refractivity contribution in [3.05, 3.63) is 54.1 Å². The maximum absolute atomic E-state index is 13.0. The van der Waals surface area contributed by atoms with E-state index >= 15 is 0 Å². The fraction of sp³-hybridized carbons (Fsp3) is 0.409. The van der Waals surface area contributed by atoms with E-state index in [0.29, 0.717) is 25.3 Å². The Morgan fingerprint density at radius 2 is 1.80 bits per heavy atom. The van der Waals surface area contributed by atoms with Gasteiger partial charge in [0.2, 0.25) is 10.0 Å². The van der Waals surface area contributed by atoms with Gasteiger partial charge in [0.15, 0.2) is 5.78 Å². The molecular weight excluding hydrogens is 404 g/mol. The molecule has 0 amide bonds. The number of carbonyl (C=O) groups is 1. The van der Waals surface area contributed by atoms with Crippen molar-refractivity contribution in [2.24, 2.45) is 0 Å². The Bertz CT molecular complexity index is 965. The molecule has 2 aromatic carbocycles. The zero-order valence-corrected chi connectivity index (χ0v) is 18.3. The van der Waals surface area contributed by atoms with Crippen molar-refractivity contribution >= 4 is 21.5 Å². The van der Waals surface area contributed by atoms with Gasteiger partial charge in [-0.15, -0.1) is 0 Å². The maximum Gasteiger partial charge on any atom is 0.243 e. The number of nitrogens with one attached hydrogen (secondary N) is 1. The van der Waals surface area contributed by atoms with Crippen LogP contribution < -0.4 is 10.1 Å². The lowest BCUT2D eigenvalue weighted by molar-refractivity contribution is -0.0440. The Labute approximate surface area is 178 Å². The maximum atomic E-state index is 13.0. The van der Waals surface area contributed by atoms with Gasteiger partial charge in [-0.2, -0.15) is 4.31 Å². The summed E-state index contributed by atoms with van der Waals surface area (Å²) in [4.78, 5) is 12.8. The molecule has 8 heteroatoms. The number of morpholine rings is 1. The molecule has 2 aromatic rings. The Hall–Kier alpha value is -2.42. The second-order valence-electron chi connectivity index (χ2n) is 7.34. The Kier molecular flexibility index (Phi) is 7.12. The molecule has 1 fully saturated rings. The average Bonchev–Trinajstić information content (AvgIpc) is 2.72. The summed E-state index contributed by atoms with van der Waals surface area (Å²) in [5.74, 6) is 0.573. The van der Waals surface area contributed by atoms with Crippen LogP contribution in [0.4, 0.5) is 5.69 Å². The molecule has 7 nitrogen and oxygen atoms in total. The molecule has 0 bridgehead atoms. The standard InChI is InChI=1S/C22H28N2O5S/c1-4-28-20-10-8-19(9-11-20)23-13-22(25)18-6-5-7-21(12-18)30(26,27)24-14-16(2)29-17(3)15-24/h5-12,16-17,23H,4,13-15H2,1-3H3. The number of hydrogen-bond acceptors (Lipinski definition) is 6. The first-order valence-corrected chi connectivity index (χ1v) is 11.5. The molecule has 30 heavy (non-hydrogen) atoms. The van der Waals surface area contributed by atoms with Crippen LogP contribution in [0.25, 0.3) is 0 Å². The minimum atomic E-state index is -3.69. The van der Waals surface area contributed by atoms with Gasteiger partial charge in [-0.3, -0.25) is 4.79 Å². The fourth-order valence-corrected chi connectivity index (χ4v) is 5.06. The number of anilines is 1. The molecule has 0 spiro atoms. The van der Waals surface area contributed by atoms with Crippen LogP contribution in [0.5, 0.6) is 5.75 Å². The molecule has 2 atom stereocenters. The molecule has 1 aliphatic heterocycles. The number of ether oxygens (including phenoxy) is 2. The first kappa shape index (κ1) is 22.3. The van der Waals surface area contributed by atoms with Crippen molar-refractivity contribution in [3.8, 4) is 5.75 Å². The van der Waals surface area contributed by atoms with E-state index in [9.17, 15) is 13.2 Å². The second kappa shape index (κ2) is 9.59. The highest BCUT2D eigenvalue weighted by molar-refractivity contribution is 7.89. The summed E-state index contributed by atoms with van der Waals surface area (Å²) in [6.45, 7) is 6.86. The van der Waals surface area contributed by atoms with Crippen LogP contribution in [0, 0.1) is 0 Å². The fourth-order valence-electron chi connectivity index (χ4n) is 3.43. The van der Waals surface area contributed by atoms with Crippen molar-refractivity contribution in [1.82, 2.24) is 4.31 Å². The molecule has 0 aromatic heterocycles. The van der Waals surface area contributed by atoms with Crippen LogP contribution in [0.3, 0.4) is 0 Å². The van der Waals surface area contributed by atoms with E-state index in [4.69, 9.17) is 9.47 Å². The van der Waals surface area contributed by atoms with Gasteiger partial charge in [0.25, 0.3) is 0 Å². The molecule has 1 aliphatic rings. The van der Waals surface area contributed by atoms with E-state index in [2.05, 4.69) is 5.32 Å². The summed E-state index contributed by atoms with van der Waals surface area (Å²) in [6.07, 6.45) is -0.349. The predicted molar refractivity (Wildman–Crippen MR) is 116 cm³/mol. The number of carbonyl (C=O) groups excluding carboxylic acids is 1. The summed E-state index contributed by atoms with van der Waals surface area (Å²) >= 11 is 0. The molecular formula is C22H28N2O5S. The lowest BCUT2D eigenvalue weighted by Gasteiger charge is -2.34. The average molecular weight is 433 g/mol. The van der Waals surface area contributed by atoms with E-state index in [1.54, 1.807) is 12.1 Å². The number of benzene rings is 2. The quantitative estimate of drug-likeness (QED) is 0.645. The van der Waals surface area contributed by atoms with Crippen molar-refractivity contribution < 1.29 is 22.7 Å². The number of ketones is 1. The van der Waals surface area contributed by atoms with Crippen LogP contribution in [0.2, 0.25) is 0 Å². The third-order valence-corrected chi connectivity index (χ3v) is 6.63. The SMILES string of the molecule is CCOc1ccc(NCC(=O)c2cccc(S(=O)(=O)N3CC(C)OC(C)C3)c2)cc1.